The van der Waals surface area contributed by atoms with Crippen molar-refractivity contribution in [3.8, 4) is 0 Å². The van der Waals surface area contributed by atoms with Gasteiger partial charge in [-0.2, -0.15) is 9.97 Å². The number of fused-ring (bicyclic) bond motifs is 1. The van der Waals surface area contributed by atoms with Crippen LogP contribution in [0.3, 0.4) is 0 Å². The van der Waals surface area contributed by atoms with Crippen molar-refractivity contribution in [1.82, 2.24) is 25.3 Å². The normalized spacial score (nSPS) is 11.3. The molecular formula is C21H26ClN9O4. The van der Waals surface area contributed by atoms with Crippen molar-refractivity contribution in [3.63, 3.8) is 0 Å². The molecule has 14 heteroatoms. The van der Waals surface area contributed by atoms with Gasteiger partial charge in [0, 0.05) is 11.3 Å². The first kappa shape index (κ1) is 27.1. The lowest BCUT2D eigenvalue weighted by atomic mass is 10.1. The fourth-order valence-corrected chi connectivity index (χ4v) is 3.18. The Labute approximate surface area is 206 Å². The monoisotopic (exact) mass is 503 g/mol. The number of anilines is 3. The van der Waals surface area contributed by atoms with Crippen LogP contribution in [0.2, 0.25) is 0 Å². The van der Waals surface area contributed by atoms with Crippen LogP contribution in [0.5, 0.6) is 0 Å². The number of hydrogen-bond acceptors (Lipinski definition) is 11. The molecule has 0 aliphatic rings. The molecule has 1 aromatic carbocycles. The van der Waals surface area contributed by atoms with Gasteiger partial charge in [-0.1, -0.05) is 0 Å². The zero-order valence-electron chi connectivity index (χ0n) is 18.9. The van der Waals surface area contributed by atoms with Crippen LogP contribution in [0.15, 0.2) is 30.5 Å². The van der Waals surface area contributed by atoms with Crippen LogP contribution in [0.1, 0.15) is 28.9 Å². The van der Waals surface area contributed by atoms with Gasteiger partial charge in [0.05, 0.1) is 25.5 Å². The molecule has 0 aliphatic heterocycles. The van der Waals surface area contributed by atoms with Gasteiger partial charge in [-0.25, -0.2) is 14.8 Å². The van der Waals surface area contributed by atoms with E-state index in [-0.39, 0.29) is 41.9 Å². The number of esters is 1. The molecule has 35 heavy (non-hydrogen) atoms. The molecule has 0 aliphatic carbocycles. The number of amides is 2. The van der Waals surface area contributed by atoms with Crippen molar-refractivity contribution in [1.29, 1.82) is 0 Å². The van der Waals surface area contributed by atoms with Gasteiger partial charge in [-0.3, -0.25) is 9.59 Å². The van der Waals surface area contributed by atoms with Crippen molar-refractivity contribution < 1.29 is 19.1 Å². The lowest BCUT2D eigenvalue weighted by Gasteiger charge is -2.18. The fourth-order valence-electron chi connectivity index (χ4n) is 3.18. The molecule has 13 nitrogen and oxygen atoms in total. The van der Waals surface area contributed by atoms with Gasteiger partial charge >= 0.3 is 5.97 Å². The summed E-state index contributed by atoms with van der Waals surface area (Å²) in [5, 5.41) is 2.64. The number of rotatable bonds is 10. The SMILES string of the molecule is COC(=O)[C@H](CCCN)NC(=O)c1ccc(N(C=O)Cc2cnc3nc(N)nc(N)c3n2)cc1.Cl. The molecule has 1 atom stereocenters. The number of halogens is 1. The molecular weight excluding hydrogens is 478 g/mol. The summed E-state index contributed by atoms with van der Waals surface area (Å²) in [5.74, 6) is -0.924. The van der Waals surface area contributed by atoms with Crippen molar-refractivity contribution in [2.45, 2.75) is 25.4 Å². The minimum atomic E-state index is -0.801. The second-order valence-electron chi connectivity index (χ2n) is 7.26. The zero-order chi connectivity index (χ0) is 24.7. The number of nitrogens with two attached hydrogens (primary N) is 3. The summed E-state index contributed by atoms with van der Waals surface area (Å²) in [4.78, 5) is 54.0. The third-order valence-electron chi connectivity index (χ3n) is 4.91. The van der Waals surface area contributed by atoms with E-state index in [0.717, 1.165) is 0 Å². The number of methoxy groups -OCH3 is 1. The van der Waals surface area contributed by atoms with Gasteiger partial charge in [-0.05, 0) is 43.7 Å². The molecule has 0 spiro atoms. The van der Waals surface area contributed by atoms with Crippen molar-refractivity contribution in [2.24, 2.45) is 5.73 Å². The highest BCUT2D eigenvalue weighted by Gasteiger charge is 2.21. The van der Waals surface area contributed by atoms with Crippen molar-refractivity contribution in [2.75, 3.05) is 30.0 Å². The van der Waals surface area contributed by atoms with E-state index in [9.17, 15) is 14.4 Å². The standard InChI is InChI=1S/C21H25N9O4.ClH/c1-34-20(33)15(3-2-8-22)27-19(32)12-4-6-14(7-5-12)30(11-31)10-13-9-25-18-16(26-13)17(23)28-21(24)29-18;/h4-7,9,11,15H,2-3,8,10,22H2,1H3,(H,27,32)(H4,23,24,25,28,29);1H/t15-;/m0./s1. The number of nitrogens with zero attached hydrogens (tertiary/aromatic N) is 5. The molecule has 0 bridgehead atoms. The number of aromatic nitrogens is 4. The first-order valence-corrected chi connectivity index (χ1v) is 10.3. The Bertz CT molecular complexity index is 1190. The predicted octanol–water partition coefficient (Wildman–Crippen LogP) is 0.179. The third kappa shape index (κ3) is 6.71. The first-order chi connectivity index (χ1) is 16.4. The minimum Gasteiger partial charge on any atom is -0.467 e. The van der Waals surface area contributed by atoms with Gasteiger partial charge in [0.1, 0.15) is 6.04 Å². The Kier molecular flexibility index (Phi) is 9.61. The molecule has 0 radical (unpaired) electrons. The number of ether oxygens (including phenoxy) is 1. The summed E-state index contributed by atoms with van der Waals surface area (Å²) < 4.78 is 4.73. The van der Waals surface area contributed by atoms with E-state index < -0.39 is 17.9 Å². The Balaban J connectivity index is 0.00000432. The lowest BCUT2D eigenvalue weighted by Crippen LogP contribution is -2.41. The quantitative estimate of drug-likeness (QED) is 0.217. The van der Waals surface area contributed by atoms with E-state index in [0.29, 0.717) is 42.7 Å². The number of carbonyl (C=O) groups excluding carboxylic acids is 3. The molecule has 7 N–H and O–H groups in total. The Hall–Kier alpha value is -4.10. The molecule has 0 fully saturated rings. The summed E-state index contributed by atoms with van der Waals surface area (Å²) >= 11 is 0. The second kappa shape index (κ2) is 12.4. The molecule has 2 heterocycles. The molecule has 3 aromatic rings. The van der Waals surface area contributed by atoms with Gasteiger partial charge in [0.15, 0.2) is 17.0 Å². The Morgan fingerprint density at radius 1 is 1.17 bits per heavy atom. The minimum absolute atomic E-state index is 0. The molecule has 0 saturated carbocycles. The van der Waals surface area contributed by atoms with Crippen LogP contribution in [0.25, 0.3) is 11.2 Å². The van der Waals surface area contributed by atoms with Crippen LogP contribution in [0, 0.1) is 0 Å². The van der Waals surface area contributed by atoms with E-state index in [4.69, 9.17) is 21.9 Å². The van der Waals surface area contributed by atoms with E-state index in [1.54, 1.807) is 24.3 Å². The molecule has 2 amide bonds. The van der Waals surface area contributed by atoms with Gasteiger partial charge in [-0.15, -0.1) is 12.4 Å². The van der Waals surface area contributed by atoms with E-state index in [1.165, 1.54) is 18.2 Å². The van der Waals surface area contributed by atoms with E-state index >= 15 is 0 Å². The summed E-state index contributed by atoms with van der Waals surface area (Å²) in [5.41, 5.74) is 18.7. The maximum absolute atomic E-state index is 12.6. The van der Waals surface area contributed by atoms with Crippen LogP contribution in [-0.2, 0) is 20.9 Å². The smallest absolute Gasteiger partial charge is 0.328 e. The largest absolute Gasteiger partial charge is 0.467 e. The number of nitrogens with one attached hydrogen (secondary N) is 1. The fraction of sp³-hybridized carbons (Fsp3) is 0.286. The molecule has 0 saturated heterocycles. The average molecular weight is 504 g/mol. The summed E-state index contributed by atoms with van der Waals surface area (Å²) in [7, 11) is 1.25. The number of nitrogen functional groups attached to an aromatic ring is 2. The van der Waals surface area contributed by atoms with E-state index in [2.05, 4.69) is 25.3 Å². The topological polar surface area (TPSA) is 205 Å². The van der Waals surface area contributed by atoms with Crippen LogP contribution in [-0.4, -0.2) is 57.9 Å². The first-order valence-electron chi connectivity index (χ1n) is 10.3. The van der Waals surface area contributed by atoms with Gasteiger partial charge in [0.2, 0.25) is 12.4 Å². The Morgan fingerprint density at radius 3 is 2.51 bits per heavy atom. The predicted molar refractivity (Wildman–Crippen MR) is 131 cm³/mol. The molecule has 0 unspecified atom stereocenters. The number of hydrogen-bond donors (Lipinski definition) is 4. The maximum atomic E-state index is 12.6. The summed E-state index contributed by atoms with van der Waals surface area (Å²) in [6.45, 7) is 0.472. The average Bonchev–Trinajstić information content (AvgIpc) is 2.84. The van der Waals surface area contributed by atoms with Gasteiger partial charge < -0.3 is 32.2 Å². The summed E-state index contributed by atoms with van der Waals surface area (Å²) in [6.07, 6.45) is 3.00. The van der Waals surface area contributed by atoms with E-state index in [1.807, 2.05) is 0 Å². The summed E-state index contributed by atoms with van der Waals surface area (Å²) in [6, 6.07) is 5.48. The van der Waals surface area contributed by atoms with Crippen molar-refractivity contribution >= 4 is 59.3 Å². The zero-order valence-corrected chi connectivity index (χ0v) is 19.7. The molecule has 186 valence electrons. The van der Waals surface area contributed by atoms with Gasteiger partial charge in [0.25, 0.3) is 5.91 Å². The number of benzene rings is 1. The van der Waals surface area contributed by atoms with Crippen LogP contribution < -0.4 is 27.4 Å². The van der Waals surface area contributed by atoms with Crippen LogP contribution in [0.4, 0.5) is 17.5 Å². The molecule has 2 aromatic heterocycles. The third-order valence-corrected chi connectivity index (χ3v) is 4.91. The Morgan fingerprint density at radius 2 is 1.89 bits per heavy atom. The molecule has 3 rings (SSSR count). The maximum Gasteiger partial charge on any atom is 0.328 e. The highest BCUT2D eigenvalue weighted by atomic mass is 35.5. The van der Waals surface area contributed by atoms with Crippen LogP contribution >= 0.6 is 12.4 Å². The second-order valence-corrected chi connectivity index (χ2v) is 7.26. The number of carbonyl (C=O) groups is 3. The van der Waals surface area contributed by atoms with Crippen molar-refractivity contribution in [3.05, 3.63) is 41.7 Å². The highest BCUT2D eigenvalue weighted by molar-refractivity contribution is 5.97. The lowest BCUT2D eigenvalue weighted by molar-refractivity contribution is -0.143. The highest BCUT2D eigenvalue weighted by Crippen LogP contribution is 2.19.